The molecular formula is C40H64N2O4S. The summed E-state index contributed by atoms with van der Waals surface area (Å²) in [6.07, 6.45) is 20.6. The standard InChI is InChI=1S/C40H64N2O4S/c1-27-25-42(23-24-47(45,46)26-27)22-21-41-40-17-6-7-33(40)30-12-13-35-38(4,32(30)15-20-40)19-16-34-37(2,3)31(14-18-39(34,35)5)28-8-10-29(11-9-28)36(43)44/h8,14,27,29-30,32-35,41H,6-7,9-13,15-26H2,1-5H3,(H,43,44)/t27?,29?,30?,32?,33-,34?,35?,38?,39?,40?/m1/s1. The van der Waals surface area contributed by atoms with Gasteiger partial charge in [0, 0.05) is 31.7 Å². The molecule has 7 rings (SSSR count). The minimum atomic E-state index is -2.91. The molecule has 4 saturated carbocycles. The lowest BCUT2D eigenvalue weighted by Crippen LogP contribution is -2.64. The molecule has 6 aliphatic carbocycles. The smallest absolute Gasteiger partial charge is 0.306 e. The average Bonchev–Trinajstić information content (AvgIpc) is 3.38. The first-order chi connectivity index (χ1) is 22.2. The van der Waals surface area contributed by atoms with Crippen LogP contribution in [0.3, 0.4) is 0 Å². The van der Waals surface area contributed by atoms with Crippen LogP contribution in [0.25, 0.3) is 0 Å². The topological polar surface area (TPSA) is 86.7 Å². The molecule has 0 aromatic heterocycles. The fourth-order valence-electron chi connectivity index (χ4n) is 14.0. The van der Waals surface area contributed by atoms with Gasteiger partial charge in [-0.1, -0.05) is 53.2 Å². The summed E-state index contributed by atoms with van der Waals surface area (Å²) in [6, 6.07) is 0. The van der Waals surface area contributed by atoms with Crippen LogP contribution in [0.1, 0.15) is 118 Å². The molecule has 10 atom stereocenters. The first kappa shape index (κ1) is 34.3. The molecule has 9 unspecified atom stereocenters. The molecule has 0 radical (unpaired) electrons. The van der Waals surface area contributed by atoms with Gasteiger partial charge in [0.1, 0.15) is 0 Å². The molecule has 1 aliphatic heterocycles. The van der Waals surface area contributed by atoms with E-state index >= 15 is 0 Å². The fraction of sp³-hybridized carbons (Fsp3) is 0.875. The molecule has 0 amide bonds. The molecule has 7 heteroatoms. The van der Waals surface area contributed by atoms with Crippen molar-refractivity contribution in [2.45, 2.75) is 124 Å². The Kier molecular flexibility index (Phi) is 8.93. The van der Waals surface area contributed by atoms with E-state index < -0.39 is 15.8 Å². The Labute approximate surface area is 285 Å². The lowest BCUT2D eigenvalue weighted by atomic mass is 9.37. The monoisotopic (exact) mass is 668 g/mol. The normalized spacial score (nSPS) is 46.1. The first-order valence-corrected chi connectivity index (χ1v) is 21.3. The summed E-state index contributed by atoms with van der Waals surface area (Å²) >= 11 is 0. The number of sulfone groups is 1. The maximum Gasteiger partial charge on any atom is 0.306 e. The molecule has 0 spiro atoms. The van der Waals surface area contributed by atoms with Crippen LogP contribution < -0.4 is 5.32 Å². The lowest BCUT2D eigenvalue weighted by molar-refractivity contribution is -0.175. The molecule has 0 aromatic rings. The van der Waals surface area contributed by atoms with Gasteiger partial charge in [-0.3, -0.25) is 4.79 Å². The number of fused-ring (bicyclic) bond motifs is 7. The van der Waals surface area contributed by atoms with Gasteiger partial charge in [-0.15, -0.1) is 0 Å². The van der Waals surface area contributed by atoms with E-state index in [1.807, 2.05) is 0 Å². The minimum Gasteiger partial charge on any atom is -0.481 e. The number of carboxylic acids is 1. The molecule has 0 bridgehead atoms. The van der Waals surface area contributed by atoms with Gasteiger partial charge in [0.15, 0.2) is 9.84 Å². The molecular weight excluding hydrogens is 605 g/mol. The average molecular weight is 669 g/mol. The van der Waals surface area contributed by atoms with Crippen LogP contribution >= 0.6 is 0 Å². The number of hydrogen-bond acceptors (Lipinski definition) is 5. The second-order valence-electron chi connectivity index (χ2n) is 18.7. The van der Waals surface area contributed by atoms with Crippen molar-refractivity contribution in [1.82, 2.24) is 10.2 Å². The molecule has 7 aliphatic rings. The van der Waals surface area contributed by atoms with Gasteiger partial charge >= 0.3 is 5.97 Å². The van der Waals surface area contributed by atoms with Crippen LogP contribution in [0, 0.1) is 57.7 Å². The Bertz CT molecular complexity index is 1400. The highest BCUT2D eigenvalue weighted by Crippen LogP contribution is 2.72. The van der Waals surface area contributed by atoms with Crippen molar-refractivity contribution in [3.05, 3.63) is 23.3 Å². The Morgan fingerprint density at radius 1 is 0.957 bits per heavy atom. The van der Waals surface area contributed by atoms with Crippen LogP contribution in [-0.4, -0.2) is 67.6 Å². The summed E-state index contributed by atoms with van der Waals surface area (Å²) in [5.74, 6) is 3.92. The lowest BCUT2D eigenvalue weighted by Gasteiger charge is -2.68. The second kappa shape index (κ2) is 12.2. The highest BCUT2D eigenvalue weighted by molar-refractivity contribution is 7.91. The zero-order valence-corrected chi connectivity index (χ0v) is 31.0. The third-order valence-electron chi connectivity index (χ3n) is 15.9. The SMILES string of the molecule is CC1CN(CCNC23CCC[C@@H]2C2CCC4C(C)(CCC5C(C)(C)C(C6=CCC(C(=O)O)CC6)=CCC54C)C2CC3)CCS(=O)(=O)C1. The van der Waals surface area contributed by atoms with Crippen LogP contribution in [0.2, 0.25) is 0 Å². The van der Waals surface area contributed by atoms with E-state index in [1.165, 1.54) is 75.4 Å². The summed E-state index contributed by atoms with van der Waals surface area (Å²) in [5, 5.41) is 13.7. The Morgan fingerprint density at radius 3 is 2.51 bits per heavy atom. The van der Waals surface area contributed by atoms with E-state index in [9.17, 15) is 18.3 Å². The number of allylic oxidation sites excluding steroid dienone is 4. The van der Waals surface area contributed by atoms with Crippen LogP contribution in [-0.2, 0) is 14.6 Å². The highest BCUT2D eigenvalue weighted by atomic mass is 32.2. The number of carboxylic acid groups (broad SMARTS) is 1. The molecule has 2 N–H and O–H groups in total. The van der Waals surface area contributed by atoms with E-state index in [0.29, 0.717) is 41.2 Å². The molecule has 5 fully saturated rings. The predicted molar refractivity (Wildman–Crippen MR) is 190 cm³/mol. The number of aliphatic carboxylic acids is 1. The first-order valence-electron chi connectivity index (χ1n) is 19.5. The zero-order chi connectivity index (χ0) is 33.4. The number of nitrogens with one attached hydrogen (secondary N) is 1. The van der Waals surface area contributed by atoms with E-state index in [-0.39, 0.29) is 22.8 Å². The summed E-state index contributed by atoms with van der Waals surface area (Å²) < 4.78 is 24.7. The molecule has 0 aromatic carbocycles. The summed E-state index contributed by atoms with van der Waals surface area (Å²) in [5.41, 5.74) is 4.13. The molecule has 47 heavy (non-hydrogen) atoms. The van der Waals surface area contributed by atoms with Gasteiger partial charge in [0.2, 0.25) is 0 Å². The summed E-state index contributed by atoms with van der Waals surface area (Å²) in [4.78, 5) is 14.0. The maximum absolute atomic E-state index is 12.3. The van der Waals surface area contributed by atoms with E-state index in [0.717, 1.165) is 56.1 Å². The number of carbonyl (C=O) groups is 1. The largest absolute Gasteiger partial charge is 0.481 e. The van der Waals surface area contributed by atoms with Crippen molar-refractivity contribution >= 4 is 15.8 Å². The van der Waals surface area contributed by atoms with Crippen LogP contribution in [0.15, 0.2) is 23.3 Å². The van der Waals surface area contributed by atoms with Crippen molar-refractivity contribution in [2.75, 3.05) is 37.7 Å². The van der Waals surface area contributed by atoms with Gasteiger partial charge in [-0.25, -0.2) is 8.42 Å². The number of hydrogen-bond donors (Lipinski definition) is 2. The van der Waals surface area contributed by atoms with Crippen molar-refractivity contribution in [2.24, 2.45) is 57.7 Å². The molecule has 1 heterocycles. The second-order valence-corrected chi connectivity index (χ2v) is 21.0. The Morgan fingerprint density at radius 2 is 1.77 bits per heavy atom. The maximum atomic E-state index is 12.3. The van der Waals surface area contributed by atoms with Gasteiger partial charge in [0.25, 0.3) is 0 Å². The highest BCUT2D eigenvalue weighted by Gasteiger charge is 2.65. The van der Waals surface area contributed by atoms with Gasteiger partial charge in [0.05, 0.1) is 17.4 Å². The van der Waals surface area contributed by atoms with Gasteiger partial charge < -0.3 is 15.3 Å². The van der Waals surface area contributed by atoms with Crippen molar-refractivity contribution in [3.63, 3.8) is 0 Å². The predicted octanol–water partition coefficient (Wildman–Crippen LogP) is 7.51. The van der Waals surface area contributed by atoms with Crippen molar-refractivity contribution < 1.29 is 18.3 Å². The zero-order valence-electron chi connectivity index (χ0n) is 30.2. The van der Waals surface area contributed by atoms with Crippen LogP contribution in [0.5, 0.6) is 0 Å². The van der Waals surface area contributed by atoms with Gasteiger partial charge in [-0.2, -0.15) is 0 Å². The minimum absolute atomic E-state index is 0.125. The molecule has 6 nitrogen and oxygen atoms in total. The molecule has 264 valence electrons. The Hall–Kier alpha value is -1.18. The third-order valence-corrected chi connectivity index (χ3v) is 17.8. The van der Waals surface area contributed by atoms with Crippen LogP contribution in [0.4, 0.5) is 0 Å². The van der Waals surface area contributed by atoms with E-state index in [1.54, 1.807) is 0 Å². The van der Waals surface area contributed by atoms with Gasteiger partial charge in [-0.05, 0) is 140 Å². The third kappa shape index (κ3) is 5.82. The number of rotatable bonds is 6. The van der Waals surface area contributed by atoms with Crippen molar-refractivity contribution in [1.29, 1.82) is 0 Å². The summed E-state index contributed by atoms with van der Waals surface area (Å²) in [6.45, 7) is 16.1. The molecule has 1 saturated heterocycles. The van der Waals surface area contributed by atoms with E-state index in [2.05, 4.69) is 57.0 Å². The van der Waals surface area contributed by atoms with Crippen molar-refractivity contribution in [3.8, 4) is 0 Å². The quantitative estimate of drug-likeness (QED) is 0.305. The number of nitrogens with zero attached hydrogens (tertiary/aromatic N) is 1. The fourth-order valence-corrected chi connectivity index (χ4v) is 15.7. The Balaban J connectivity index is 1.05. The summed E-state index contributed by atoms with van der Waals surface area (Å²) in [7, 11) is -2.91. The van der Waals surface area contributed by atoms with E-state index in [4.69, 9.17) is 0 Å².